The van der Waals surface area contributed by atoms with E-state index < -0.39 is 10.0 Å². The van der Waals surface area contributed by atoms with Crippen molar-refractivity contribution in [3.8, 4) is 0 Å². The van der Waals surface area contributed by atoms with Crippen molar-refractivity contribution in [2.24, 2.45) is 0 Å². The summed E-state index contributed by atoms with van der Waals surface area (Å²) in [6, 6.07) is 1.41. The van der Waals surface area contributed by atoms with Gasteiger partial charge in [-0.2, -0.15) is 4.31 Å². The fourth-order valence-electron chi connectivity index (χ4n) is 1.63. The molecule has 1 rings (SSSR count). The van der Waals surface area contributed by atoms with Crippen LogP contribution in [0.5, 0.6) is 0 Å². The number of hydrogen-bond acceptors (Lipinski definition) is 3. The van der Waals surface area contributed by atoms with Crippen LogP contribution >= 0.6 is 27.5 Å². The number of pyridine rings is 1. The van der Waals surface area contributed by atoms with E-state index in [1.807, 2.05) is 20.8 Å². The van der Waals surface area contributed by atoms with E-state index in [0.717, 1.165) is 6.42 Å². The fourth-order valence-corrected chi connectivity index (χ4v) is 4.27. The highest BCUT2D eigenvalue weighted by atomic mass is 79.9. The monoisotopic (exact) mass is 354 g/mol. The fraction of sp³-hybridized carbons (Fsp3) is 0.545. The second-order valence-electron chi connectivity index (χ2n) is 3.91. The standard InChI is InChI=1S/C11H16BrClN2O2S/c1-4-8(3)15(5-2)18(16,17)10-6-9(12)7-14-11(10)13/h6-8H,4-5H2,1-3H3. The van der Waals surface area contributed by atoms with Gasteiger partial charge in [0.1, 0.15) is 10.0 Å². The lowest BCUT2D eigenvalue weighted by atomic mass is 10.3. The minimum Gasteiger partial charge on any atom is -0.242 e. The van der Waals surface area contributed by atoms with Crippen molar-refractivity contribution in [1.29, 1.82) is 0 Å². The molecule has 1 aromatic heterocycles. The third-order valence-electron chi connectivity index (χ3n) is 2.75. The number of sulfonamides is 1. The first-order valence-corrected chi connectivity index (χ1v) is 8.28. The summed E-state index contributed by atoms with van der Waals surface area (Å²) >= 11 is 9.10. The van der Waals surface area contributed by atoms with Crippen molar-refractivity contribution in [3.63, 3.8) is 0 Å². The summed E-state index contributed by atoms with van der Waals surface area (Å²) in [4.78, 5) is 3.90. The highest BCUT2D eigenvalue weighted by Gasteiger charge is 2.29. The predicted molar refractivity (Wildman–Crippen MR) is 76.3 cm³/mol. The van der Waals surface area contributed by atoms with Gasteiger partial charge in [0, 0.05) is 23.3 Å². The molecule has 18 heavy (non-hydrogen) atoms. The van der Waals surface area contributed by atoms with Crippen LogP contribution in [0, 0.1) is 0 Å². The summed E-state index contributed by atoms with van der Waals surface area (Å²) in [5.74, 6) is 0. The second-order valence-corrected chi connectivity index (χ2v) is 7.04. The minimum atomic E-state index is -3.61. The van der Waals surface area contributed by atoms with E-state index in [1.165, 1.54) is 16.6 Å². The van der Waals surface area contributed by atoms with E-state index in [9.17, 15) is 8.42 Å². The van der Waals surface area contributed by atoms with E-state index in [4.69, 9.17) is 11.6 Å². The van der Waals surface area contributed by atoms with Gasteiger partial charge in [-0.1, -0.05) is 25.4 Å². The zero-order valence-electron chi connectivity index (χ0n) is 10.5. The zero-order chi connectivity index (χ0) is 13.9. The smallest absolute Gasteiger partial charge is 0.242 e. The van der Waals surface area contributed by atoms with E-state index in [0.29, 0.717) is 11.0 Å². The quantitative estimate of drug-likeness (QED) is 0.761. The van der Waals surface area contributed by atoms with Crippen LogP contribution < -0.4 is 0 Å². The van der Waals surface area contributed by atoms with Crippen LogP contribution in [-0.2, 0) is 10.0 Å². The minimum absolute atomic E-state index is 0.0000435. The lowest BCUT2D eigenvalue weighted by Gasteiger charge is -2.26. The third-order valence-corrected chi connectivity index (χ3v) is 5.70. The molecule has 1 unspecified atom stereocenters. The average molecular weight is 356 g/mol. The Morgan fingerprint density at radius 1 is 1.50 bits per heavy atom. The van der Waals surface area contributed by atoms with Crippen LogP contribution in [-0.4, -0.2) is 30.3 Å². The second kappa shape index (κ2) is 6.32. The predicted octanol–water partition coefficient (Wildman–Crippen LogP) is 3.31. The SMILES string of the molecule is CCC(C)N(CC)S(=O)(=O)c1cc(Br)cnc1Cl. The molecular formula is C11H16BrClN2O2S. The lowest BCUT2D eigenvalue weighted by molar-refractivity contribution is 0.342. The average Bonchev–Trinajstić information content (AvgIpc) is 2.32. The Balaban J connectivity index is 3.31. The van der Waals surface area contributed by atoms with Gasteiger partial charge in [0.05, 0.1) is 0 Å². The van der Waals surface area contributed by atoms with Crippen LogP contribution in [0.25, 0.3) is 0 Å². The van der Waals surface area contributed by atoms with Crippen LogP contribution in [0.4, 0.5) is 0 Å². The molecule has 0 fully saturated rings. The molecule has 1 atom stereocenters. The molecule has 0 saturated heterocycles. The number of rotatable bonds is 5. The molecule has 0 N–H and O–H groups in total. The summed E-state index contributed by atoms with van der Waals surface area (Å²) in [6.45, 7) is 6.03. The van der Waals surface area contributed by atoms with Gasteiger partial charge in [0.2, 0.25) is 10.0 Å². The Kier molecular flexibility index (Phi) is 5.58. The number of aromatic nitrogens is 1. The summed E-state index contributed by atoms with van der Waals surface area (Å²) in [6.07, 6.45) is 2.22. The Hall–Kier alpha value is -0.170. The van der Waals surface area contributed by atoms with Crippen molar-refractivity contribution in [2.45, 2.75) is 38.1 Å². The van der Waals surface area contributed by atoms with Crippen molar-refractivity contribution in [2.75, 3.05) is 6.54 Å². The molecule has 0 aromatic carbocycles. The van der Waals surface area contributed by atoms with Gasteiger partial charge >= 0.3 is 0 Å². The van der Waals surface area contributed by atoms with Gasteiger partial charge in [0.25, 0.3) is 0 Å². The molecule has 7 heteroatoms. The lowest BCUT2D eigenvalue weighted by Crippen LogP contribution is -2.38. The van der Waals surface area contributed by atoms with Gasteiger partial charge in [-0.25, -0.2) is 13.4 Å². The number of halogens is 2. The molecule has 0 radical (unpaired) electrons. The van der Waals surface area contributed by atoms with Gasteiger partial charge < -0.3 is 0 Å². The Labute approximate surface area is 122 Å². The first-order valence-electron chi connectivity index (χ1n) is 5.67. The summed E-state index contributed by atoms with van der Waals surface area (Å²) in [5.41, 5.74) is 0. The summed E-state index contributed by atoms with van der Waals surface area (Å²) < 4.78 is 27.1. The van der Waals surface area contributed by atoms with Gasteiger partial charge in [-0.15, -0.1) is 0 Å². The van der Waals surface area contributed by atoms with Crippen molar-refractivity contribution >= 4 is 37.6 Å². The molecule has 0 aliphatic rings. The molecule has 0 amide bonds. The number of hydrogen-bond donors (Lipinski definition) is 0. The van der Waals surface area contributed by atoms with E-state index in [2.05, 4.69) is 20.9 Å². The Morgan fingerprint density at radius 2 is 2.11 bits per heavy atom. The van der Waals surface area contributed by atoms with Gasteiger partial charge in [-0.05, 0) is 35.3 Å². The largest absolute Gasteiger partial charge is 0.246 e. The van der Waals surface area contributed by atoms with Gasteiger partial charge in [-0.3, -0.25) is 0 Å². The maximum Gasteiger partial charge on any atom is 0.246 e. The zero-order valence-corrected chi connectivity index (χ0v) is 13.7. The van der Waals surface area contributed by atoms with Crippen LogP contribution in [0.3, 0.4) is 0 Å². The van der Waals surface area contributed by atoms with Crippen LogP contribution in [0.15, 0.2) is 21.6 Å². The van der Waals surface area contributed by atoms with Gasteiger partial charge in [0.15, 0.2) is 0 Å². The molecular weight excluding hydrogens is 340 g/mol. The highest BCUT2D eigenvalue weighted by Crippen LogP contribution is 2.27. The Bertz CT molecular complexity index is 522. The molecule has 0 saturated carbocycles. The van der Waals surface area contributed by atoms with E-state index in [-0.39, 0.29) is 16.1 Å². The van der Waals surface area contributed by atoms with E-state index >= 15 is 0 Å². The molecule has 1 heterocycles. The van der Waals surface area contributed by atoms with Crippen LogP contribution in [0.1, 0.15) is 27.2 Å². The first kappa shape index (κ1) is 15.9. The highest BCUT2D eigenvalue weighted by molar-refractivity contribution is 9.10. The molecule has 102 valence electrons. The topological polar surface area (TPSA) is 50.3 Å². The Morgan fingerprint density at radius 3 is 2.61 bits per heavy atom. The maximum atomic E-state index is 12.5. The molecule has 1 aromatic rings. The molecule has 0 spiro atoms. The van der Waals surface area contributed by atoms with Crippen molar-refractivity contribution in [1.82, 2.24) is 9.29 Å². The molecule has 4 nitrogen and oxygen atoms in total. The van der Waals surface area contributed by atoms with E-state index in [1.54, 1.807) is 0 Å². The third kappa shape index (κ3) is 3.23. The molecule has 0 bridgehead atoms. The molecule has 0 aliphatic carbocycles. The molecule has 0 aliphatic heterocycles. The van der Waals surface area contributed by atoms with Crippen molar-refractivity contribution < 1.29 is 8.42 Å². The van der Waals surface area contributed by atoms with Crippen molar-refractivity contribution in [3.05, 3.63) is 21.9 Å². The summed E-state index contributed by atoms with van der Waals surface area (Å²) in [5, 5.41) is -0.0000435. The normalized spacial score (nSPS) is 13.9. The van der Waals surface area contributed by atoms with Crippen LogP contribution in [0.2, 0.25) is 5.15 Å². The first-order chi connectivity index (χ1) is 8.34. The number of nitrogens with zero attached hydrogens (tertiary/aromatic N) is 2. The maximum absolute atomic E-state index is 12.5. The summed E-state index contributed by atoms with van der Waals surface area (Å²) in [7, 11) is -3.61.